The summed E-state index contributed by atoms with van der Waals surface area (Å²) >= 11 is 0. The highest BCUT2D eigenvalue weighted by molar-refractivity contribution is 6.00. The summed E-state index contributed by atoms with van der Waals surface area (Å²) in [5.41, 5.74) is 7.33. The van der Waals surface area contributed by atoms with Gasteiger partial charge in [-0.15, -0.1) is 12.4 Å². The van der Waals surface area contributed by atoms with Crippen LogP contribution in [-0.4, -0.2) is 62.0 Å². The molecule has 0 aliphatic carbocycles. The van der Waals surface area contributed by atoms with Crippen LogP contribution in [0, 0.1) is 0 Å². The molecule has 1 heterocycles. The molecule has 2 amide bonds. The zero-order chi connectivity index (χ0) is 19.4. The molecule has 2 aromatic rings. The Hall–Kier alpha value is -2.93. The van der Waals surface area contributed by atoms with Crippen molar-refractivity contribution < 1.29 is 19.1 Å². The molecule has 1 aliphatic rings. The molecule has 2 N–H and O–H groups in total. The number of hydrogen-bond acceptors (Lipinski definition) is 5. The van der Waals surface area contributed by atoms with Gasteiger partial charge in [0.1, 0.15) is 11.5 Å². The maximum Gasteiger partial charge on any atom is 0.257 e. The summed E-state index contributed by atoms with van der Waals surface area (Å²) in [6, 6.07) is 12.1. The molecule has 0 saturated carbocycles. The summed E-state index contributed by atoms with van der Waals surface area (Å²) in [6.07, 6.45) is 0. The van der Waals surface area contributed by atoms with Gasteiger partial charge >= 0.3 is 0 Å². The van der Waals surface area contributed by atoms with Crippen LogP contribution in [0.4, 0.5) is 5.69 Å². The quantitative estimate of drug-likeness (QED) is 0.789. The Morgan fingerprint density at radius 3 is 1.96 bits per heavy atom. The van der Waals surface area contributed by atoms with Crippen molar-refractivity contribution in [3.05, 3.63) is 53.6 Å². The Labute approximate surface area is 170 Å². The van der Waals surface area contributed by atoms with Gasteiger partial charge in [-0.3, -0.25) is 9.59 Å². The molecule has 2 aromatic carbocycles. The van der Waals surface area contributed by atoms with Crippen molar-refractivity contribution in [3.8, 4) is 11.5 Å². The monoisotopic (exact) mass is 405 g/mol. The Morgan fingerprint density at radius 1 is 0.857 bits per heavy atom. The first-order chi connectivity index (χ1) is 13.0. The third-order valence-electron chi connectivity index (χ3n) is 4.68. The van der Waals surface area contributed by atoms with Gasteiger partial charge in [-0.25, -0.2) is 0 Å². The molecule has 0 bridgehead atoms. The standard InChI is InChI=1S/C20H23N3O4.ClH/c1-26-14-7-8-16(18(13-14)27-2)20(25)23-11-9-22(10-12-23)19(24)15-5-3-4-6-17(15)21;/h3-8,13H,9-12,21H2,1-2H3;1H. The van der Waals surface area contributed by atoms with E-state index in [0.29, 0.717) is 54.5 Å². The van der Waals surface area contributed by atoms with Crippen molar-refractivity contribution in [3.63, 3.8) is 0 Å². The summed E-state index contributed by atoms with van der Waals surface area (Å²) < 4.78 is 10.5. The van der Waals surface area contributed by atoms with Crippen LogP contribution in [-0.2, 0) is 0 Å². The molecule has 8 heteroatoms. The lowest BCUT2D eigenvalue weighted by Crippen LogP contribution is -2.50. The number of nitrogens with zero attached hydrogens (tertiary/aromatic N) is 2. The smallest absolute Gasteiger partial charge is 0.257 e. The number of hydrogen-bond donors (Lipinski definition) is 1. The molecule has 1 aliphatic heterocycles. The molecule has 0 aromatic heterocycles. The molecule has 7 nitrogen and oxygen atoms in total. The number of nitrogen functional groups attached to an aromatic ring is 1. The average molecular weight is 406 g/mol. The van der Waals surface area contributed by atoms with E-state index < -0.39 is 0 Å². The van der Waals surface area contributed by atoms with Crippen LogP contribution in [0.25, 0.3) is 0 Å². The lowest BCUT2D eigenvalue weighted by Gasteiger charge is -2.35. The Balaban J connectivity index is 0.00000280. The van der Waals surface area contributed by atoms with Crippen molar-refractivity contribution in [2.24, 2.45) is 0 Å². The normalized spacial score (nSPS) is 13.5. The molecule has 0 spiro atoms. The van der Waals surface area contributed by atoms with Crippen LogP contribution < -0.4 is 15.2 Å². The lowest BCUT2D eigenvalue weighted by atomic mass is 10.1. The van der Waals surface area contributed by atoms with Gasteiger partial charge in [0, 0.05) is 37.9 Å². The molecular weight excluding hydrogens is 382 g/mol. The second-order valence-electron chi connectivity index (χ2n) is 6.24. The van der Waals surface area contributed by atoms with Crippen molar-refractivity contribution in [2.45, 2.75) is 0 Å². The van der Waals surface area contributed by atoms with Crippen LogP contribution in [0.1, 0.15) is 20.7 Å². The number of methoxy groups -OCH3 is 2. The molecule has 0 unspecified atom stereocenters. The molecule has 0 atom stereocenters. The van der Waals surface area contributed by atoms with Crippen molar-refractivity contribution in [1.29, 1.82) is 0 Å². The minimum absolute atomic E-state index is 0. The first kappa shape index (κ1) is 21.4. The number of carbonyl (C=O) groups is 2. The van der Waals surface area contributed by atoms with E-state index in [0.717, 1.165) is 0 Å². The van der Waals surface area contributed by atoms with Gasteiger partial charge in [0.05, 0.1) is 25.3 Å². The van der Waals surface area contributed by atoms with Gasteiger partial charge in [0.15, 0.2) is 0 Å². The van der Waals surface area contributed by atoms with E-state index in [1.54, 1.807) is 59.4 Å². The number of nitrogens with two attached hydrogens (primary N) is 1. The van der Waals surface area contributed by atoms with Crippen LogP contribution in [0.15, 0.2) is 42.5 Å². The fourth-order valence-corrected chi connectivity index (χ4v) is 3.12. The van der Waals surface area contributed by atoms with Crippen LogP contribution in [0.3, 0.4) is 0 Å². The van der Waals surface area contributed by atoms with Gasteiger partial charge in [0.2, 0.25) is 0 Å². The van der Waals surface area contributed by atoms with E-state index in [-0.39, 0.29) is 24.2 Å². The topological polar surface area (TPSA) is 85.1 Å². The van der Waals surface area contributed by atoms with E-state index in [1.165, 1.54) is 7.11 Å². The number of rotatable bonds is 4. The average Bonchev–Trinajstić information content (AvgIpc) is 2.72. The molecule has 1 fully saturated rings. The van der Waals surface area contributed by atoms with Gasteiger partial charge in [0.25, 0.3) is 11.8 Å². The molecule has 28 heavy (non-hydrogen) atoms. The molecule has 0 radical (unpaired) electrons. The maximum absolute atomic E-state index is 12.9. The summed E-state index contributed by atoms with van der Waals surface area (Å²) in [7, 11) is 3.08. The zero-order valence-electron chi connectivity index (χ0n) is 15.9. The Bertz CT molecular complexity index is 851. The van der Waals surface area contributed by atoms with E-state index in [2.05, 4.69) is 0 Å². The third-order valence-corrected chi connectivity index (χ3v) is 4.68. The molecular formula is C20H24ClN3O4. The SMILES string of the molecule is COc1ccc(C(=O)N2CCN(C(=O)c3ccccc3N)CC2)c(OC)c1.Cl. The number of piperazine rings is 1. The van der Waals surface area contributed by atoms with E-state index in [1.807, 2.05) is 0 Å². The summed E-state index contributed by atoms with van der Waals surface area (Å²) in [4.78, 5) is 29.0. The fraction of sp³-hybridized carbons (Fsp3) is 0.300. The number of benzene rings is 2. The van der Waals surface area contributed by atoms with Crippen LogP contribution in [0.2, 0.25) is 0 Å². The number of ether oxygens (including phenoxy) is 2. The largest absolute Gasteiger partial charge is 0.497 e. The van der Waals surface area contributed by atoms with Gasteiger partial charge < -0.3 is 25.0 Å². The third kappa shape index (κ3) is 4.31. The Morgan fingerprint density at radius 2 is 1.43 bits per heavy atom. The van der Waals surface area contributed by atoms with Gasteiger partial charge in [-0.2, -0.15) is 0 Å². The number of para-hydroxylation sites is 1. The first-order valence-electron chi connectivity index (χ1n) is 8.70. The molecule has 3 rings (SSSR count). The highest BCUT2D eigenvalue weighted by atomic mass is 35.5. The number of amides is 2. The second kappa shape index (κ2) is 9.32. The van der Waals surface area contributed by atoms with E-state index in [9.17, 15) is 9.59 Å². The maximum atomic E-state index is 12.9. The minimum atomic E-state index is -0.124. The van der Waals surface area contributed by atoms with E-state index in [4.69, 9.17) is 15.2 Å². The van der Waals surface area contributed by atoms with Crippen molar-refractivity contribution in [2.75, 3.05) is 46.1 Å². The number of carbonyl (C=O) groups excluding carboxylic acids is 2. The fourth-order valence-electron chi connectivity index (χ4n) is 3.12. The highest BCUT2D eigenvalue weighted by Crippen LogP contribution is 2.26. The summed E-state index contributed by atoms with van der Waals surface area (Å²) in [5.74, 6) is 0.859. The second-order valence-corrected chi connectivity index (χ2v) is 6.24. The molecule has 1 saturated heterocycles. The predicted molar refractivity (Wildman–Crippen MR) is 109 cm³/mol. The van der Waals surface area contributed by atoms with Crippen molar-refractivity contribution >= 4 is 29.9 Å². The number of halogens is 1. The van der Waals surface area contributed by atoms with Gasteiger partial charge in [-0.1, -0.05) is 12.1 Å². The first-order valence-corrected chi connectivity index (χ1v) is 8.70. The van der Waals surface area contributed by atoms with E-state index >= 15 is 0 Å². The summed E-state index contributed by atoms with van der Waals surface area (Å²) in [5, 5.41) is 0. The van der Waals surface area contributed by atoms with Crippen LogP contribution >= 0.6 is 12.4 Å². The number of anilines is 1. The minimum Gasteiger partial charge on any atom is -0.497 e. The van der Waals surface area contributed by atoms with Crippen LogP contribution in [0.5, 0.6) is 11.5 Å². The Kier molecular flexibility index (Phi) is 7.12. The zero-order valence-corrected chi connectivity index (χ0v) is 16.7. The molecule has 150 valence electrons. The lowest BCUT2D eigenvalue weighted by molar-refractivity contribution is 0.0534. The predicted octanol–water partition coefficient (Wildman–Crippen LogP) is 2.31. The summed E-state index contributed by atoms with van der Waals surface area (Å²) in [6.45, 7) is 1.81. The van der Waals surface area contributed by atoms with Crippen molar-refractivity contribution in [1.82, 2.24) is 9.80 Å². The van der Waals surface area contributed by atoms with Gasteiger partial charge in [-0.05, 0) is 24.3 Å². The highest BCUT2D eigenvalue weighted by Gasteiger charge is 2.27.